The van der Waals surface area contributed by atoms with E-state index in [0.717, 1.165) is 6.42 Å². The second-order valence-electron chi connectivity index (χ2n) is 1.61. The molecule has 0 saturated carbocycles. The van der Waals surface area contributed by atoms with E-state index in [9.17, 15) is 10.1 Å². The standard InChI is InChI=1S/C4H9N2O2/c1-3-4(2)5-6(7)8/h4H,3H2,1-2H3/q-1. The lowest BCUT2D eigenvalue weighted by molar-refractivity contribution is -0.430. The lowest BCUT2D eigenvalue weighted by Crippen LogP contribution is -2.03. The molecule has 0 aromatic carbocycles. The van der Waals surface area contributed by atoms with Crippen LogP contribution in [0.15, 0.2) is 0 Å². The smallest absolute Gasteiger partial charge is 0.0124 e. The van der Waals surface area contributed by atoms with Gasteiger partial charge in [-0.1, -0.05) is 26.3 Å². The summed E-state index contributed by atoms with van der Waals surface area (Å²) in [5.74, 6) is 0. The highest BCUT2D eigenvalue weighted by Gasteiger charge is 1.87. The molecule has 0 amide bonds. The zero-order valence-corrected chi connectivity index (χ0v) is 5.00. The first-order valence-electron chi connectivity index (χ1n) is 2.52. The molecule has 0 spiro atoms. The summed E-state index contributed by atoms with van der Waals surface area (Å²) in [5, 5.41) is 8.96. The SMILES string of the molecule is CCC(C)[N-][N+](=O)[O-]. The monoisotopic (exact) mass is 117 g/mol. The Balaban J connectivity index is 3.24. The molecule has 1 atom stereocenters. The zero-order valence-electron chi connectivity index (χ0n) is 5.00. The number of rotatable bonds is 3. The number of nitro groups is 1. The van der Waals surface area contributed by atoms with Crippen molar-refractivity contribution in [2.24, 2.45) is 0 Å². The highest BCUT2D eigenvalue weighted by Crippen LogP contribution is 2.01. The van der Waals surface area contributed by atoms with Crippen LogP contribution in [0.25, 0.3) is 5.43 Å². The molecule has 1 unspecified atom stereocenters. The molecule has 0 aliphatic carbocycles. The van der Waals surface area contributed by atoms with Crippen molar-refractivity contribution in [3.63, 3.8) is 0 Å². The van der Waals surface area contributed by atoms with Crippen LogP contribution < -0.4 is 0 Å². The first kappa shape index (κ1) is 7.20. The summed E-state index contributed by atoms with van der Waals surface area (Å²) in [7, 11) is 0. The van der Waals surface area contributed by atoms with Crippen LogP contribution in [0.5, 0.6) is 0 Å². The third kappa shape index (κ3) is 3.39. The highest BCUT2D eigenvalue weighted by molar-refractivity contribution is 4.71. The van der Waals surface area contributed by atoms with Gasteiger partial charge in [-0.05, 0) is 5.03 Å². The van der Waals surface area contributed by atoms with E-state index in [0.29, 0.717) is 0 Å². The lowest BCUT2D eigenvalue weighted by Gasteiger charge is -2.15. The van der Waals surface area contributed by atoms with Gasteiger partial charge in [-0.3, -0.25) is 10.1 Å². The van der Waals surface area contributed by atoms with Crippen molar-refractivity contribution in [2.45, 2.75) is 26.3 Å². The van der Waals surface area contributed by atoms with Crippen molar-refractivity contribution >= 4 is 0 Å². The topological polar surface area (TPSA) is 57.2 Å². The van der Waals surface area contributed by atoms with Gasteiger partial charge in [-0.25, -0.2) is 0 Å². The summed E-state index contributed by atoms with van der Waals surface area (Å²) >= 11 is 0. The van der Waals surface area contributed by atoms with E-state index in [2.05, 4.69) is 5.43 Å². The molecular formula is C4H9N2O2-. The quantitative estimate of drug-likeness (QED) is 0.413. The van der Waals surface area contributed by atoms with Gasteiger partial charge < -0.3 is 5.43 Å². The fourth-order valence-electron chi connectivity index (χ4n) is 0.243. The van der Waals surface area contributed by atoms with Crippen LogP contribution in [0.3, 0.4) is 0 Å². The Kier molecular flexibility index (Phi) is 2.91. The van der Waals surface area contributed by atoms with Crippen LogP contribution in [0.2, 0.25) is 0 Å². The zero-order chi connectivity index (χ0) is 6.57. The molecule has 0 aliphatic rings. The van der Waals surface area contributed by atoms with Gasteiger partial charge in [-0.15, -0.1) is 0 Å². The van der Waals surface area contributed by atoms with Gasteiger partial charge >= 0.3 is 0 Å². The van der Waals surface area contributed by atoms with Crippen LogP contribution in [0, 0.1) is 10.1 Å². The molecule has 0 N–H and O–H groups in total. The minimum Gasteiger partial charge on any atom is -0.376 e. The maximum absolute atomic E-state index is 9.61. The fourth-order valence-corrected chi connectivity index (χ4v) is 0.243. The fraction of sp³-hybridized carbons (Fsp3) is 1.00. The molecule has 0 heterocycles. The van der Waals surface area contributed by atoms with Crippen molar-refractivity contribution in [2.75, 3.05) is 0 Å². The molecule has 0 saturated heterocycles. The van der Waals surface area contributed by atoms with E-state index >= 15 is 0 Å². The Bertz CT molecular complexity index is 84.1. The van der Waals surface area contributed by atoms with Gasteiger partial charge in [0.15, 0.2) is 0 Å². The van der Waals surface area contributed by atoms with Crippen molar-refractivity contribution in [3.05, 3.63) is 15.5 Å². The Hall–Kier alpha value is -0.800. The van der Waals surface area contributed by atoms with Crippen molar-refractivity contribution < 1.29 is 5.03 Å². The molecular weight excluding hydrogens is 108 g/mol. The Labute approximate surface area is 48.0 Å². The molecule has 8 heavy (non-hydrogen) atoms. The van der Waals surface area contributed by atoms with Gasteiger partial charge in [0.05, 0.1) is 0 Å². The van der Waals surface area contributed by atoms with E-state index in [1.54, 1.807) is 6.92 Å². The van der Waals surface area contributed by atoms with Gasteiger partial charge in [-0.2, -0.15) is 0 Å². The van der Waals surface area contributed by atoms with Gasteiger partial charge in [0, 0.05) is 0 Å². The molecule has 0 fully saturated rings. The predicted octanol–water partition coefficient (Wildman–Crippen LogP) is 1.35. The second-order valence-corrected chi connectivity index (χ2v) is 1.61. The van der Waals surface area contributed by atoms with Gasteiger partial charge in [0.25, 0.3) is 0 Å². The summed E-state index contributed by atoms with van der Waals surface area (Å²) in [6.45, 7) is 3.57. The van der Waals surface area contributed by atoms with Gasteiger partial charge in [0.2, 0.25) is 0 Å². The normalized spacial score (nSPS) is 12.8. The van der Waals surface area contributed by atoms with Crippen LogP contribution in [0.4, 0.5) is 0 Å². The molecule has 4 nitrogen and oxygen atoms in total. The summed E-state index contributed by atoms with van der Waals surface area (Å²) in [6.07, 6.45) is 0.723. The van der Waals surface area contributed by atoms with Crippen LogP contribution in [-0.2, 0) is 0 Å². The van der Waals surface area contributed by atoms with Crippen LogP contribution >= 0.6 is 0 Å². The molecule has 0 aromatic rings. The summed E-state index contributed by atoms with van der Waals surface area (Å²) < 4.78 is 0. The highest BCUT2D eigenvalue weighted by atomic mass is 16.7. The van der Waals surface area contributed by atoms with Crippen LogP contribution in [0.1, 0.15) is 20.3 Å². The third-order valence-electron chi connectivity index (χ3n) is 0.882. The largest absolute Gasteiger partial charge is 0.376 e. The number of nitrogens with zero attached hydrogens (tertiary/aromatic N) is 2. The third-order valence-corrected chi connectivity index (χ3v) is 0.882. The maximum Gasteiger partial charge on any atom is -0.0124 e. The van der Waals surface area contributed by atoms with E-state index in [-0.39, 0.29) is 6.04 Å². The molecule has 48 valence electrons. The van der Waals surface area contributed by atoms with Crippen molar-refractivity contribution in [1.29, 1.82) is 0 Å². The van der Waals surface area contributed by atoms with E-state index in [4.69, 9.17) is 0 Å². The summed E-state index contributed by atoms with van der Waals surface area (Å²) in [5.41, 5.74) is 3.12. The van der Waals surface area contributed by atoms with Crippen molar-refractivity contribution in [3.8, 4) is 0 Å². The maximum atomic E-state index is 9.61. The van der Waals surface area contributed by atoms with E-state index in [1.807, 2.05) is 6.92 Å². The van der Waals surface area contributed by atoms with Crippen molar-refractivity contribution in [1.82, 2.24) is 0 Å². The Morgan fingerprint density at radius 1 is 1.88 bits per heavy atom. The second kappa shape index (κ2) is 3.23. The molecule has 0 rings (SSSR count). The Morgan fingerprint density at radius 3 is 2.50 bits per heavy atom. The van der Waals surface area contributed by atoms with E-state index < -0.39 is 5.03 Å². The minimum atomic E-state index is -0.645. The average molecular weight is 117 g/mol. The molecule has 4 heteroatoms. The first-order valence-corrected chi connectivity index (χ1v) is 2.52. The number of hydrogen-bond acceptors (Lipinski definition) is 2. The lowest BCUT2D eigenvalue weighted by atomic mass is 10.3. The predicted molar refractivity (Wildman–Crippen MR) is 30.1 cm³/mol. The summed E-state index contributed by atoms with van der Waals surface area (Å²) in [4.78, 5) is 9.61. The first-order chi connectivity index (χ1) is 3.66. The van der Waals surface area contributed by atoms with Crippen LogP contribution in [-0.4, -0.2) is 11.1 Å². The molecule has 0 radical (unpaired) electrons. The Morgan fingerprint density at radius 2 is 2.38 bits per heavy atom. The minimum absolute atomic E-state index is 0.148. The van der Waals surface area contributed by atoms with E-state index in [1.165, 1.54) is 0 Å². The molecule has 0 aromatic heterocycles. The van der Waals surface area contributed by atoms with Gasteiger partial charge in [0.1, 0.15) is 0 Å². The molecule has 0 aliphatic heterocycles. The average Bonchev–Trinajstić information content (AvgIpc) is 1.65. The summed E-state index contributed by atoms with van der Waals surface area (Å²) in [6, 6.07) is -0.148. The molecule has 0 bridgehead atoms. The number of hydrogen-bond donors (Lipinski definition) is 0.